The van der Waals surface area contributed by atoms with Gasteiger partial charge in [0.2, 0.25) is 5.88 Å². The number of aromatic nitrogens is 4. The lowest BCUT2D eigenvalue weighted by Gasteiger charge is -2.13. The van der Waals surface area contributed by atoms with Crippen molar-refractivity contribution in [2.75, 3.05) is 19.5 Å². The summed E-state index contributed by atoms with van der Waals surface area (Å²) in [5.41, 5.74) is 3.75. The van der Waals surface area contributed by atoms with Gasteiger partial charge in [-0.15, -0.1) is 10.2 Å². The molecule has 7 heteroatoms. The molecular weight excluding hydrogens is 342 g/mol. The molecule has 136 valence electrons. The molecule has 7 nitrogen and oxygen atoms in total. The summed E-state index contributed by atoms with van der Waals surface area (Å²) in [7, 11) is 3.28. The highest BCUT2D eigenvalue weighted by atomic mass is 16.5. The lowest BCUT2D eigenvalue weighted by Crippen LogP contribution is -2.05. The average Bonchev–Trinajstić information content (AvgIpc) is 3.22. The first kappa shape index (κ1) is 16.8. The second kappa shape index (κ2) is 7.33. The van der Waals surface area contributed by atoms with Gasteiger partial charge in [-0.1, -0.05) is 18.2 Å². The number of pyridine rings is 2. The zero-order chi connectivity index (χ0) is 18.6. The van der Waals surface area contributed by atoms with E-state index in [1.807, 2.05) is 52.9 Å². The Kier molecular flexibility index (Phi) is 4.57. The van der Waals surface area contributed by atoms with Crippen molar-refractivity contribution < 1.29 is 9.47 Å². The molecule has 0 saturated carbocycles. The van der Waals surface area contributed by atoms with Gasteiger partial charge in [-0.3, -0.25) is 4.40 Å². The summed E-state index contributed by atoms with van der Waals surface area (Å²) in [6.45, 7) is 0.625. The standard InChI is InChI=1S/C20H19N5O2/c1-26-17-6-4-3-5-15(17)12-22-18-8-7-16(20-24-23-13-25(18)20)14-9-10-21-19(11-14)27-2/h3-11,13,22H,12H2,1-2H3. The zero-order valence-corrected chi connectivity index (χ0v) is 15.1. The number of nitrogens with zero attached hydrogens (tertiary/aromatic N) is 4. The van der Waals surface area contributed by atoms with E-state index >= 15 is 0 Å². The van der Waals surface area contributed by atoms with Gasteiger partial charge in [0, 0.05) is 29.9 Å². The monoisotopic (exact) mass is 361 g/mol. The van der Waals surface area contributed by atoms with Crippen LogP contribution in [0.4, 0.5) is 5.82 Å². The molecule has 0 saturated heterocycles. The molecule has 4 rings (SSSR count). The van der Waals surface area contributed by atoms with E-state index < -0.39 is 0 Å². The Morgan fingerprint density at radius 3 is 2.78 bits per heavy atom. The summed E-state index contributed by atoms with van der Waals surface area (Å²) in [4.78, 5) is 4.16. The van der Waals surface area contributed by atoms with Crippen molar-refractivity contribution in [3.63, 3.8) is 0 Å². The predicted octanol–water partition coefficient (Wildman–Crippen LogP) is 3.42. The Labute approximate surface area is 156 Å². The van der Waals surface area contributed by atoms with Gasteiger partial charge in [-0.05, 0) is 29.8 Å². The minimum Gasteiger partial charge on any atom is -0.496 e. The number of hydrogen-bond acceptors (Lipinski definition) is 6. The van der Waals surface area contributed by atoms with Crippen LogP contribution < -0.4 is 14.8 Å². The van der Waals surface area contributed by atoms with Crippen molar-refractivity contribution in [1.82, 2.24) is 19.6 Å². The third-order valence-corrected chi connectivity index (χ3v) is 4.36. The summed E-state index contributed by atoms with van der Waals surface area (Å²) >= 11 is 0. The van der Waals surface area contributed by atoms with Crippen molar-refractivity contribution in [2.24, 2.45) is 0 Å². The van der Waals surface area contributed by atoms with E-state index in [4.69, 9.17) is 9.47 Å². The fraction of sp³-hybridized carbons (Fsp3) is 0.150. The van der Waals surface area contributed by atoms with Crippen LogP contribution in [-0.2, 0) is 6.54 Å². The van der Waals surface area contributed by atoms with Crippen molar-refractivity contribution >= 4 is 11.5 Å². The average molecular weight is 361 g/mol. The molecule has 0 aliphatic carbocycles. The number of para-hydroxylation sites is 1. The van der Waals surface area contributed by atoms with Crippen LogP contribution in [0.2, 0.25) is 0 Å². The van der Waals surface area contributed by atoms with Crippen LogP contribution in [0, 0.1) is 0 Å². The molecule has 3 heterocycles. The zero-order valence-electron chi connectivity index (χ0n) is 15.1. The van der Waals surface area contributed by atoms with E-state index in [1.54, 1.807) is 26.7 Å². The van der Waals surface area contributed by atoms with Gasteiger partial charge in [-0.25, -0.2) is 4.98 Å². The van der Waals surface area contributed by atoms with E-state index in [9.17, 15) is 0 Å². The molecule has 1 N–H and O–H groups in total. The van der Waals surface area contributed by atoms with Gasteiger partial charge in [0.15, 0.2) is 5.65 Å². The maximum atomic E-state index is 5.42. The van der Waals surface area contributed by atoms with Gasteiger partial charge in [-0.2, -0.15) is 0 Å². The molecule has 0 fully saturated rings. The maximum absolute atomic E-state index is 5.42. The second-order valence-electron chi connectivity index (χ2n) is 5.91. The first-order valence-corrected chi connectivity index (χ1v) is 8.49. The molecule has 0 atom stereocenters. The molecule has 3 aromatic heterocycles. The Hall–Kier alpha value is -3.61. The summed E-state index contributed by atoms with van der Waals surface area (Å²) in [5.74, 6) is 2.31. The molecule has 0 spiro atoms. The molecule has 0 bridgehead atoms. The molecule has 1 aromatic carbocycles. The maximum Gasteiger partial charge on any atom is 0.213 e. The van der Waals surface area contributed by atoms with Crippen LogP contribution in [0.15, 0.2) is 61.1 Å². The van der Waals surface area contributed by atoms with Crippen molar-refractivity contribution in [3.05, 3.63) is 66.6 Å². The first-order valence-electron chi connectivity index (χ1n) is 8.49. The van der Waals surface area contributed by atoms with Gasteiger partial charge >= 0.3 is 0 Å². The Morgan fingerprint density at radius 2 is 1.93 bits per heavy atom. The topological polar surface area (TPSA) is 73.6 Å². The number of benzene rings is 1. The predicted molar refractivity (Wildman–Crippen MR) is 103 cm³/mol. The smallest absolute Gasteiger partial charge is 0.213 e. The van der Waals surface area contributed by atoms with E-state index in [1.165, 1.54) is 0 Å². The van der Waals surface area contributed by atoms with Crippen LogP contribution in [0.1, 0.15) is 5.56 Å². The quantitative estimate of drug-likeness (QED) is 0.567. The normalized spacial score (nSPS) is 10.7. The number of rotatable bonds is 6. The number of anilines is 1. The van der Waals surface area contributed by atoms with Crippen LogP contribution in [-0.4, -0.2) is 33.8 Å². The van der Waals surface area contributed by atoms with Crippen molar-refractivity contribution in [1.29, 1.82) is 0 Å². The molecular formula is C20H19N5O2. The van der Waals surface area contributed by atoms with Crippen LogP contribution in [0.5, 0.6) is 11.6 Å². The molecule has 27 heavy (non-hydrogen) atoms. The van der Waals surface area contributed by atoms with E-state index in [0.717, 1.165) is 33.9 Å². The Bertz CT molecular complexity index is 1080. The minimum atomic E-state index is 0.559. The molecule has 0 aliphatic rings. The summed E-state index contributed by atoms with van der Waals surface area (Å²) in [5, 5.41) is 11.8. The van der Waals surface area contributed by atoms with Crippen LogP contribution >= 0.6 is 0 Å². The molecule has 0 radical (unpaired) electrons. The van der Waals surface area contributed by atoms with Gasteiger partial charge in [0.05, 0.1) is 14.2 Å². The molecule has 0 aliphatic heterocycles. The number of ether oxygens (including phenoxy) is 2. The molecule has 4 aromatic rings. The summed E-state index contributed by atoms with van der Waals surface area (Å²) < 4.78 is 12.6. The van der Waals surface area contributed by atoms with Crippen molar-refractivity contribution in [2.45, 2.75) is 6.54 Å². The van der Waals surface area contributed by atoms with E-state index in [0.29, 0.717) is 12.4 Å². The highest BCUT2D eigenvalue weighted by molar-refractivity contribution is 5.79. The SMILES string of the molecule is COc1cc(-c2ccc(NCc3ccccc3OC)n3cnnc23)ccn1. The number of fused-ring (bicyclic) bond motifs is 1. The highest BCUT2D eigenvalue weighted by Gasteiger charge is 2.11. The van der Waals surface area contributed by atoms with Crippen molar-refractivity contribution in [3.8, 4) is 22.8 Å². The second-order valence-corrected chi connectivity index (χ2v) is 5.91. The van der Waals surface area contributed by atoms with Gasteiger partial charge in [0.1, 0.15) is 17.9 Å². The summed E-state index contributed by atoms with van der Waals surface area (Å²) in [6, 6.07) is 15.8. The largest absolute Gasteiger partial charge is 0.496 e. The fourth-order valence-corrected chi connectivity index (χ4v) is 3.00. The van der Waals surface area contributed by atoms with E-state index in [2.05, 4.69) is 20.5 Å². The van der Waals surface area contributed by atoms with Crippen LogP contribution in [0.25, 0.3) is 16.8 Å². The Morgan fingerprint density at radius 1 is 1.04 bits per heavy atom. The lowest BCUT2D eigenvalue weighted by molar-refractivity contribution is 0.398. The van der Waals surface area contributed by atoms with Crippen LogP contribution in [0.3, 0.4) is 0 Å². The van der Waals surface area contributed by atoms with Gasteiger partial charge in [0.25, 0.3) is 0 Å². The van der Waals surface area contributed by atoms with E-state index in [-0.39, 0.29) is 0 Å². The van der Waals surface area contributed by atoms with Gasteiger partial charge < -0.3 is 14.8 Å². The highest BCUT2D eigenvalue weighted by Crippen LogP contribution is 2.28. The number of nitrogens with one attached hydrogen (secondary N) is 1. The number of methoxy groups -OCH3 is 2. The third-order valence-electron chi connectivity index (χ3n) is 4.36. The minimum absolute atomic E-state index is 0.559. The number of hydrogen-bond donors (Lipinski definition) is 1. The fourth-order valence-electron chi connectivity index (χ4n) is 3.00. The lowest BCUT2D eigenvalue weighted by atomic mass is 10.1. The summed E-state index contributed by atoms with van der Waals surface area (Å²) in [6.07, 6.45) is 3.41. The Balaban J connectivity index is 1.67. The molecule has 0 amide bonds. The third kappa shape index (κ3) is 3.27. The molecule has 0 unspecified atom stereocenters. The first-order chi connectivity index (χ1) is 13.3.